The number of hydrogen-bond acceptors (Lipinski definition) is 6. The molecule has 3 aromatic rings. The third-order valence-electron chi connectivity index (χ3n) is 6.57. The zero-order valence-electron chi connectivity index (χ0n) is 17.1. The van der Waals surface area contributed by atoms with Gasteiger partial charge in [0.2, 0.25) is 0 Å². The summed E-state index contributed by atoms with van der Waals surface area (Å²) in [5, 5.41) is 3.88. The summed E-state index contributed by atoms with van der Waals surface area (Å²) in [4.78, 5) is 35.3. The molecule has 2 fully saturated rings. The highest BCUT2D eigenvalue weighted by molar-refractivity contribution is 5.96. The first-order valence-electron chi connectivity index (χ1n) is 10.3. The lowest BCUT2D eigenvalue weighted by atomic mass is 9.90. The van der Waals surface area contributed by atoms with Gasteiger partial charge < -0.3 is 19.1 Å². The average Bonchev–Trinajstić information content (AvgIpc) is 3.07. The number of likely N-dealkylation sites (tertiary alicyclic amines) is 1. The maximum Gasteiger partial charge on any atom is 0.287 e. The Morgan fingerprint density at radius 2 is 2.07 bits per heavy atom. The molecule has 0 aromatic carbocycles. The van der Waals surface area contributed by atoms with Crippen molar-refractivity contribution in [2.45, 2.75) is 33.1 Å². The van der Waals surface area contributed by atoms with Gasteiger partial charge in [0.1, 0.15) is 5.76 Å². The molecule has 1 aliphatic heterocycles. The Balaban J connectivity index is 1.14. The van der Waals surface area contributed by atoms with Crippen LogP contribution in [0.5, 0.6) is 0 Å². The van der Waals surface area contributed by atoms with E-state index in [1.54, 1.807) is 32.3 Å². The number of oxazole rings is 1. The second kappa shape index (κ2) is 6.97. The molecule has 8 heteroatoms. The van der Waals surface area contributed by atoms with Gasteiger partial charge in [0.05, 0.1) is 6.20 Å². The second-order valence-corrected chi connectivity index (χ2v) is 8.43. The van der Waals surface area contributed by atoms with Gasteiger partial charge in [-0.05, 0) is 49.7 Å². The Morgan fingerprint density at radius 1 is 1.27 bits per heavy atom. The average molecular weight is 408 g/mol. The number of furan rings is 1. The fourth-order valence-electron chi connectivity index (χ4n) is 4.66. The van der Waals surface area contributed by atoms with E-state index in [1.807, 2.05) is 11.0 Å². The fraction of sp³-hybridized carbons (Fsp3) is 0.455. The van der Waals surface area contributed by atoms with E-state index in [4.69, 9.17) is 8.83 Å². The first-order chi connectivity index (χ1) is 14.4. The SMILES string of the molecule is Cc1nc(C(=O)N2CCC3(CC2)CC3CNC(=O)c2cc3ccncc3o2)c(C)o1. The van der Waals surface area contributed by atoms with Gasteiger partial charge in [0.15, 0.2) is 22.9 Å². The molecular weight excluding hydrogens is 384 g/mol. The topological polar surface area (TPSA) is 101 Å². The van der Waals surface area contributed by atoms with E-state index >= 15 is 0 Å². The highest BCUT2D eigenvalue weighted by Gasteiger charge is 2.55. The number of nitrogens with one attached hydrogen (secondary N) is 1. The minimum atomic E-state index is -0.197. The molecule has 1 spiro atoms. The summed E-state index contributed by atoms with van der Waals surface area (Å²) in [6.45, 7) is 5.58. The van der Waals surface area contributed by atoms with Crippen molar-refractivity contribution < 1.29 is 18.4 Å². The van der Waals surface area contributed by atoms with Crippen LogP contribution in [0.25, 0.3) is 11.0 Å². The van der Waals surface area contributed by atoms with E-state index in [9.17, 15) is 9.59 Å². The number of fused-ring (bicyclic) bond motifs is 1. The van der Waals surface area contributed by atoms with Crippen LogP contribution in [0.15, 0.2) is 33.4 Å². The molecule has 1 aliphatic carbocycles. The third kappa shape index (κ3) is 3.26. The lowest BCUT2D eigenvalue weighted by Crippen LogP contribution is -2.40. The van der Waals surface area contributed by atoms with Crippen LogP contribution in [0.3, 0.4) is 0 Å². The smallest absolute Gasteiger partial charge is 0.287 e. The van der Waals surface area contributed by atoms with E-state index in [-0.39, 0.29) is 17.2 Å². The molecule has 1 atom stereocenters. The highest BCUT2D eigenvalue weighted by Crippen LogP contribution is 2.59. The minimum Gasteiger partial charge on any atom is -0.449 e. The Labute approximate surface area is 173 Å². The number of pyridine rings is 1. The maximum absolute atomic E-state index is 12.7. The zero-order chi connectivity index (χ0) is 20.9. The molecule has 2 amide bonds. The lowest BCUT2D eigenvalue weighted by molar-refractivity contribution is 0.0661. The predicted octanol–water partition coefficient (Wildman–Crippen LogP) is 3.10. The molecule has 0 radical (unpaired) electrons. The van der Waals surface area contributed by atoms with E-state index in [2.05, 4.69) is 15.3 Å². The number of nitrogens with zero attached hydrogens (tertiary/aromatic N) is 3. The number of hydrogen-bond donors (Lipinski definition) is 1. The third-order valence-corrected chi connectivity index (χ3v) is 6.57. The van der Waals surface area contributed by atoms with Gasteiger partial charge in [-0.25, -0.2) is 4.98 Å². The molecule has 2 aliphatic rings. The van der Waals surface area contributed by atoms with E-state index in [0.29, 0.717) is 54.2 Å². The van der Waals surface area contributed by atoms with Crippen LogP contribution < -0.4 is 5.32 Å². The molecule has 8 nitrogen and oxygen atoms in total. The molecule has 0 bridgehead atoms. The largest absolute Gasteiger partial charge is 0.449 e. The standard InChI is InChI=1S/C22H24N4O4/c1-13-19(25-14(2)29-13)21(28)26-7-4-22(5-8-26)10-16(22)11-24-20(27)17-9-15-3-6-23-12-18(15)30-17/h3,6,9,12,16H,4-5,7-8,10-11H2,1-2H3,(H,24,27). The van der Waals surface area contributed by atoms with Crippen molar-refractivity contribution in [3.05, 3.63) is 47.6 Å². The first-order valence-corrected chi connectivity index (χ1v) is 10.3. The zero-order valence-corrected chi connectivity index (χ0v) is 17.1. The molecule has 156 valence electrons. The summed E-state index contributed by atoms with van der Waals surface area (Å²) in [7, 11) is 0. The van der Waals surface area contributed by atoms with Crippen LogP contribution in [-0.4, -0.2) is 46.3 Å². The van der Waals surface area contributed by atoms with Crippen molar-refractivity contribution in [3.8, 4) is 0 Å². The minimum absolute atomic E-state index is 0.0518. The summed E-state index contributed by atoms with van der Waals surface area (Å²) < 4.78 is 11.0. The summed E-state index contributed by atoms with van der Waals surface area (Å²) in [5.74, 6) is 1.60. The molecule has 5 rings (SSSR count). The Bertz CT molecular complexity index is 1090. The first kappa shape index (κ1) is 18.8. The number of carbonyl (C=O) groups excluding carboxylic acids is 2. The van der Waals surface area contributed by atoms with Crippen molar-refractivity contribution in [2.24, 2.45) is 11.3 Å². The van der Waals surface area contributed by atoms with Gasteiger partial charge in [0, 0.05) is 38.1 Å². The second-order valence-electron chi connectivity index (χ2n) is 8.43. The van der Waals surface area contributed by atoms with Gasteiger partial charge in [-0.2, -0.15) is 0 Å². The van der Waals surface area contributed by atoms with Crippen LogP contribution >= 0.6 is 0 Å². The monoisotopic (exact) mass is 408 g/mol. The van der Waals surface area contributed by atoms with Gasteiger partial charge in [-0.1, -0.05) is 0 Å². The van der Waals surface area contributed by atoms with Crippen LogP contribution in [0, 0.1) is 25.2 Å². The molecule has 1 saturated carbocycles. The van der Waals surface area contributed by atoms with Gasteiger partial charge >= 0.3 is 0 Å². The van der Waals surface area contributed by atoms with Gasteiger partial charge in [-0.3, -0.25) is 14.6 Å². The van der Waals surface area contributed by atoms with E-state index < -0.39 is 0 Å². The van der Waals surface area contributed by atoms with Gasteiger partial charge in [0.25, 0.3) is 11.8 Å². The van der Waals surface area contributed by atoms with Crippen molar-refractivity contribution in [1.29, 1.82) is 0 Å². The fourth-order valence-corrected chi connectivity index (χ4v) is 4.66. The van der Waals surface area contributed by atoms with Crippen molar-refractivity contribution >= 4 is 22.8 Å². The molecule has 4 heterocycles. The summed E-state index contributed by atoms with van der Waals surface area (Å²) in [5.41, 5.74) is 1.26. The molecule has 1 N–H and O–H groups in total. The summed E-state index contributed by atoms with van der Waals surface area (Å²) in [6.07, 6.45) is 6.27. The molecule has 3 aromatic heterocycles. The Kier molecular flexibility index (Phi) is 4.38. The van der Waals surface area contributed by atoms with Crippen LogP contribution in [-0.2, 0) is 0 Å². The van der Waals surface area contributed by atoms with Crippen LogP contribution in [0.1, 0.15) is 52.0 Å². The van der Waals surface area contributed by atoms with E-state index in [0.717, 1.165) is 24.6 Å². The van der Waals surface area contributed by atoms with Crippen molar-refractivity contribution in [2.75, 3.05) is 19.6 Å². The highest BCUT2D eigenvalue weighted by atomic mass is 16.4. The molecule has 1 unspecified atom stereocenters. The molecule has 1 saturated heterocycles. The Morgan fingerprint density at radius 3 is 2.77 bits per heavy atom. The normalized spacial score (nSPS) is 19.9. The van der Waals surface area contributed by atoms with Crippen LogP contribution in [0.4, 0.5) is 0 Å². The number of amides is 2. The van der Waals surface area contributed by atoms with Crippen LogP contribution in [0.2, 0.25) is 0 Å². The van der Waals surface area contributed by atoms with E-state index in [1.165, 1.54) is 0 Å². The molecule has 30 heavy (non-hydrogen) atoms. The number of aryl methyl sites for hydroxylation is 2. The number of rotatable bonds is 4. The number of aromatic nitrogens is 2. The van der Waals surface area contributed by atoms with Crippen molar-refractivity contribution in [3.63, 3.8) is 0 Å². The summed E-state index contributed by atoms with van der Waals surface area (Å²) >= 11 is 0. The quantitative estimate of drug-likeness (QED) is 0.712. The summed E-state index contributed by atoms with van der Waals surface area (Å²) in [6, 6.07) is 3.56. The number of piperidine rings is 1. The lowest BCUT2D eigenvalue weighted by Gasteiger charge is -2.32. The Hall–Kier alpha value is -3.16. The predicted molar refractivity (Wildman–Crippen MR) is 108 cm³/mol. The maximum atomic E-state index is 12.7. The van der Waals surface area contributed by atoms with Crippen molar-refractivity contribution in [1.82, 2.24) is 20.2 Å². The molecular formula is C22H24N4O4. The van der Waals surface area contributed by atoms with Gasteiger partial charge in [-0.15, -0.1) is 0 Å². The number of carbonyl (C=O) groups is 2.